The van der Waals surface area contributed by atoms with Gasteiger partial charge in [-0.3, -0.25) is 13.9 Å². The van der Waals surface area contributed by atoms with E-state index in [0.29, 0.717) is 11.2 Å². The summed E-state index contributed by atoms with van der Waals surface area (Å²) in [4.78, 5) is 31.3. The predicted octanol–water partition coefficient (Wildman–Crippen LogP) is 1.47. The number of fused-ring (bicyclic) bond motifs is 1. The number of unbranched alkanes of at least 4 members (excludes halogenated alkanes) is 4. The summed E-state index contributed by atoms with van der Waals surface area (Å²) in [5.74, 6) is 0.787. The number of rotatable bonds is 6. The lowest BCUT2D eigenvalue weighted by molar-refractivity contribution is 0.625. The normalized spacial score (nSPS) is 11.3. The highest BCUT2D eigenvalue weighted by atomic mass is 16.2. The number of aryl methyl sites for hydroxylation is 2. The molecule has 20 heavy (non-hydrogen) atoms. The van der Waals surface area contributed by atoms with Crippen molar-refractivity contribution in [1.82, 2.24) is 19.1 Å². The lowest BCUT2D eigenvalue weighted by Gasteiger charge is -2.00. The first-order valence-corrected chi connectivity index (χ1v) is 7.20. The minimum absolute atomic E-state index is 0.312. The van der Waals surface area contributed by atoms with Crippen LogP contribution in [0.3, 0.4) is 0 Å². The maximum Gasteiger partial charge on any atom is 0.332 e. The lowest BCUT2D eigenvalue weighted by Crippen LogP contribution is -2.36. The maximum absolute atomic E-state index is 12.0. The Bertz CT molecular complexity index is 708. The SMILES string of the molecule is CCCCCCCc1nc2c([nH]1)c(=O)n(C)c(=O)n2C. The van der Waals surface area contributed by atoms with Crippen LogP contribution in [0.4, 0.5) is 0 Å². The van der Waals surface area contributed by atoms with E-state index in [1.165, 1.54) is 37.3 Å². The molecule has 0 aliphatic heterocycles. The van der Waals surface area contributed by atoms with E-state index in [9.17, 15) is 9.59 Å². The van der Waals surface area contributed by atoms with Crippen LogP contribution < -0.4 is 11.2 Å². The van der Waals surface area contributed by atoms with Gasteiger partial charge in [0.25, 0.3) is 5.56 Å². The van der Waals surface area contributed by atoms with Gasteiger partial charge in [0.05, 0.1) is 0 Å². The van der Waals surface area contributed by atoms with E-state index in [2.05, 4.69) is 16.9 Å². The van der Waals surface area contributed by atoms with Crippen LogP contribution in [0.25, 0.3) is 11.2 Å². The molecule has 6 heteroatoms. The van der Waals surface area contributed by atoms with Crippen LogP contribution in [0.1, 0.15) is 44.9 Å². The van der Waals surface area contributed by atoms with Crippen molar-refractivity contribution in [2.24, 2.45) is 14.1 Å². The molecule has 0 amide bonds. The molecule has 0 radical (unpaired) electrons. The first-order chi connectivity index (χ1) is 9.56. The number of imidazole rings is 1. The molecule has 0 fully saturated rings. The van der Waals surface area contributed by atoms with Gasteiger partial charge in [-0.2, -0.15) is 0 Å². The van der Waals surface area contributed by atoms with Crippen molar-refractivity contribution in [2.45, 2.75) is 45.4 Å². The third-order valence-corrected chi connectivity index (χ3v) is 3.66. The molecular weight excluding hydrogens is 256 g/mol. The number of hydrogen-bond donors (Lipinski definition) is 1. The van der Waals surface area contributed by atoms with Gasteiger partial charge in [-0.1, -0.05) is 32.6 Å². The van der Waals surface area contributed by atoms with Crippen molar-refractivity contribution in [1.29, 1.82) is 0 Å². The third kappa shape index (κ3) is 2.69. The topological polar surface area (TPSA) is 72.7 Å². The van der Waals surface area contributed by atoms with Gasteiger partial charge in [0.1, 0.15) is 11.3 Å². The monoisotopic (exact) mass is 278 g/mol. The second kappa shape index (κ2) is 6.07. The summed E-state index contributed by atoms with van der Waals surface area (Å²) in [5.41, 5.74) is 0.205. The van der Waals surface area contributed by atoms with Gasteiger partial charge < -0.3 is 4.98 Å². The molecular formula is C14H22N4O2. The van der Waals surface area contributed by atoms with Crippen molar-refractivity contribution in [3.63, 3.8) is 0 Å². The lowest BCUT2D eigenvalue weighted by atomic mass is 10.1. The van der Waals surface area contributed by atoms with Crippen LogP contribution in [0.2, 0.25) is 0 Å². The first kappa shape index (κ1) is 14.6. The zero-order valence-electron chi connectivity index (χ0n) is 12.4. The van der Waals surface area contributed by atoms with E-state index >= 15 is 0 Å². The number of aromatic nitrogens is 4. The third-order valence-electron chi connectivity index (χ3n) is 3.66. The molecule has 0 bridgehead atoms. The van der Waals surface area contributed by atoms with Gasteiger partial charge in [0.15, 0.2) is 5.65 Å². The van der Waals surface area contributed by atoms with Crippen LogP contribution in [0.5, 0.6) is 0 Å². The van der Waals surface area contributed by atoms with E-state index in [1.54, 1.807) is 7.05 Å². The standard InChI is InChI=1S/C14H22N4O2/c1-4-5-6-7-8-9-10-15-11-12(16-10)17(2)14(20)18(3)13(11)19/h4-9H2,1-3H3,(H,15,16). The summed E-state index contributed by atoms with van der Waals surface area (Å²) in [5, 5.41) is 0. The van der Waals surface area contributed by atoms with Gasteiger partial charge >= 0.3 is 5.69 Å². The Morgan fingerprint density at radius 1 is 1.05 bits per heavy atom. The molecule has 110 valence electrons. The predicted molar refractivity (Wildman–Crippen MR) is 79.0 cm³/mol. The van der Waals surface area contributed by atoms with Gasteiger partial charge in [0.2, 0.25) is 0 Å². The summed E-state index contributed by atoms with van der Waals surface area (Å²) in [6, 6.07) is 0. The van der Waals surface area contributed by atoms with E-state index in [4.69, 9.17) is 0 Å². The Labute approximate surface area is 117 Å². The van der Waals surface area contributed by atoms with Crippen molar-refractivity contribution in [3.8, 4) is 0 Å². The molecule has 0 saturated heterocycles. The van der Waals surface area contributed by atoms with Crippen molar-refractivity contribution >= 4 is 11.2 Å². The Morgan fingerprint density at radius 3 is 2.45 bits per heavy atom. The van der Waals surface area contributed by atoms with Gasteiger partial charge in [-0.05, 0) is 6.42 Å². The summed E-state index contributed by atoms with van der Waals surface area (Å²) in [6.07, 6.45) is 6.75. The van der Waals surface area contributed by atoms with Gasteiger partial charge in [0, 0.05) is 20.5 Å². The number of aromatic amines is 1. The summed E-state index contributed by atoms with van der Waals surface area (Å²) in [6.45, 7) is 2.19. The zero-order chi connectivity index (χ0) is 14.7. The molecule has 2 rings (SSSR count). The highest BCUT2D eigenvalue weighted by Crippen LogP contribution is 2.09. The molecule has 0 aliphatic carbocycles. The molecule has 0 aromatic carbocycles. The fourth-order valence-electron chi connectivity index (χ4n) is 2.39. The fraction of sp³-hybridized carbons (Fsp3) is 0.643. The Morgan fingerprint density at radius 2 is 1.75 bits per heavy atom. The van der Waals surface area contributed by atoms with Crippen LogP contribution in [0, 0.1) is 0 Å². The smallest absolute Gasteiger partial charge is 0.332 e. The van der Waals surface area contributed by atoms with Gasteiger partial charge in [-0.15, -0.1) is 0 Å². The number of hydrogen-bond acceptors (Lipinski definition) is 3. The van der Waals surface area contributed by atoms with Crippen molar-refractivity contribution in [3.05, 3.63) is 26.7 Å². The average molecular weight is 278 g/mol. The Hall–Kier alpha value is -1.85. The summed E-state index contributed by atoms with van der Waals surface area (Å²) in [7, 11) is 3.12. The molecule has 0 aliphatic rings. The second-order valence-corrected chi connectivity index (χ2v) is 5.25. The molecule has 2 aromatic rings. The number of H-pyrrole nitrogens is 1. The van der Waals surface area contributed by atoms with E-state index in [0.717, 1.165) is 23.2 Å². The number of nitrogens with zero attached hydrogens (tertiary/aromatic N) is 3. The quantitative estimate of drug-likeness (QED) is 0.813. The largest absolute Gasteiger partial charge is 0.336 e. The van der Waals surface area contributed by atoms with Crippen molar-refractivity contribution in [2.75, 3.05) is 0 Å². The Balaban J connectivity index is 2.22. The van der Waals surface area contributed by atoms with E-state index < -0.39 is 0 Å². The zero-order valence-corrected chi connectivity index (χ0v) is 12.4. The first-order valence-electron chi connectivity index (χ1n) is 7.20. The van der Waals surface area contributed by atoms with E-state index in [-0.39, 0.29) is 11.2 Å². The molecule has 2 aromatic heterocycles. The molecule has 0 spiro atoms. The molecule has 6 nitrogen and oxygen atoms in total. The average Bonchev–Trinajstić information content (AvgIpc) is 2.87. The molecule has 0 saturated carbocycles. The van der Waals surface area contributed by atoms with Crippen LogP contribution in [-0.2, 0) is 20.5 Å². The second-order valence-electron chi connectivity index (χ2n) is 5.25. The molecule has 2 heterocycles. The van der Waals surface area contributed by atoms with E-state index in [1.807, 2.05) is 0 Å². The van der Waals surface area contributed by atoms with Gasteiger partial charge in [-0.25, -0.2) is 9.78 Å². The summed E-state index contributed by atoms with van der Waals surface area (Å²) < 4.78 is 2.51. The van der Waals surface area contributed by atoms with Crippen LogP contribution in [0.15, 0.2) is 9.59 Å². The highest BCUT2D eigenvalue weighted by molar-refractivity contribution is 5.69. The fourth-order valence-corrected chi connectivity index (χ4v) is 2.39. The minimum atomic E-state index is -0.344. The maximum atomic E-state index is 12.0. The van der Waals surface area contributed by atoms with Crippen LogP contribution >= 0.6 is 0 Å². The minimum Gasteiger partial charge on any atom is -0.336 e. The van der Waals surface area contributed by atoms with Crippen LogP contribution in [-0.4, -0.2) is 19.1 Å². The Kier molecular flexibility index (Phi) is 4.42. The molecule has 0 atom stereocenters. The number of nitrogens with one attached hydrogen (secondary N) is 1. The summed E-state index contributed by atoms with van der Waals surface area (Å²) >= 11 is 0. The molecule has 1 N–H and O–H groups in total. The molecule has 0 unspecified atom stereocenters. The van der Waals surface area contributed by atoms with Crippen molar-refractivity contribution < 1.29 is 0 Å². The highest BCUT2D eigenvalue weighted by Gasteiger charge is 2.12.